The molecule has 0 bridgehead atoms. The van der Waals surface area contributed by atoms with Crippen molar-refractivity contribution in [2.24, 2.45) is 5.92 Å². The van der Waals surface area contributed by atoms with Crippen LogP contribution < -0.4 is 5.32 Å². The summed E-state index contributed by atoms with van der Waals surface area (Å²) >= 11 is 0. The number of nitrogens with one attached hydrogen (secondary N) is 1. The third-order valence-electron chi connectivity index (χ3n) is 6.28. The van der Waals surface area contributed by atoms with Gasteiger partial charge in [0, 0.05) is 19.6 Å². The first-order chi connectivity index (χ1) is 16.4. The third kappa shape index (κ3) is 4.77. The van der Waals surface area contributed by atoms with Gasteiger partial charge in [0.1, 0.15) is 12.2 Å². The van der Waals surface area contributed by atoms with Crippen LogP contribution in [0.4, 0.5) is 4.79 Å². The van der Waals surface area contributed by atoms with E-state index in [1.165, 1.54) is 0 Å². The number of piperazine rings is 1. The van der Waals surface area contributed by atoms with Gasteiger partial charge in [-0.05, 0) is 17.0 Å². The average molecular weight is 464 g/mol. The van der Waals surface area contributed by atoms with E-state index >= 15 is 0 Å². The molecule has 2 aliphatic rings. The fraction of sp³-hybridized carbons (Fsp3) is 0.423. The average Bonchev–Trinajstić information content (AvgIpc) is 2.84. The quantitative estimate of drug-likeness (QED) is 0.715. The van der Waals surface area contributed by atoms with E-state index in [1.807, 2.05) is 67.6 Å². The summed E-state index contributed by atoms with van der Waals surface area (Å²) in [5, 5.41) is 6.42. The van der Waals surface area contributed by atoms with E-state index < -0.39 is 12.2 Å². The molecule has 0 radical (unpaired) electrons. The Morgan fingerprint density at radius 2 is 1.68 bits per heavy atom. The van der Waals surface area contributed by atoms with Crippen LogP contribution in [0.5, 0.6) is 0 Å². The molecular formula is C26H33N5O3. The second kappa shape index (κ2) is 10.3. The lowest BCUT2D eigenvalue weighted by Gasteiger charge is -2.55. The molecule has 2 aromatic rings. The van der Waals surface area contributed by atoms with E-state index in [0.29, 0.717) is 19.6 Å². The zero-order valence-electron chi connectivity index (χ0n) is 20.1. The Labute approximate surface area is 201 Å². The number of hydrazine groups is 1. The van der Waals surface area contributed by atoms with Gasteiger partial charge in [-0.3, -0.25) is 9.59 Å². The number of hydrogen-bond acceptors (Lipinski definition) is 4. The molecule has 2 saturated heterocycles. The second-order valence-electron chi connectivity index (χ2n) is 9.20. The smallest absolute Gasteiger partial charge is 0.334 e. The van der Waals surface area contributed by atoms with Crippen molar-refractivity contribution in [2.45, 2.75) is 39.5 Å². The number of amides is 4. The molecule has 180 valence electrons. The summed E-state index contributed by atoms with van der Waals surface area (Å²) in [5.41, 5.74) is 1.75. The van der Waals surface area contributed by atoms with Crippen LogP contribution in [0.1, 0.15) is 37.9 Å². The Bertz CT molecular complexity index is 1010. The summed E-state index contributed by atoms with van der Waals surface area (Å²) in [5.74, 6) is 0.0123. The first kappa shape index (κ1) is 23.8. The maximum atomic E-state index is 13.6. The Morgan fingerprint density at radius 1 is 1.03 bits per heavy atom. The molecular weight excluding hydrogens is 430 g/mol. The Balaban J connectivity index is 1.68. The molecule has 2 aromatic carbocycles. The maximum Gasteiger partial charge on any atom is 0.334 e. The molecule has 4 rings (SSSR count). The van der Waals surface area contributed by atoms with Crippen molar-refractivity contribution in [3.63, 3.8) is 0 Å². The number of benzene rings is 2. The van der Waals surface area contributed by atoms with Gasteiger partial charge in [0.25, 0.3) is 0 Å². The minimum absolute atomic E-state index is 0.0482. The lowest BCUT2D eigenvalue weighted by Crippen LogP contribution is -2.74. The van der Waals surface area contributed by atoms with Crippen molar-refractivity contribution in [1.82, 2.24) is 25.1 Å². The van der Waals surface area contributed by atoms with Gasteiger partial charge >= 0.3 is 6.03 Å². The number of urea groups is 1. The fourth-order valence-electron chi connectivity index (χ4n) is 4.77. The van der Waals surface area contributed by atoms with Crippen LogP contribution in [0.2, 0.25) is 0 Å². The largest absolute Gasteiger partial charge is 0.336 e. The van der Waals surface area contributed by atoms with Crippen LogP contribution >= 0.6 is 0 Å². The van der Waals surface area contributed by atoms with Gasteiger partial charge in [-0.1, -0.05) is 81.4 Å². The Morgan fingerprint density at radius 3 is 2.29 bits per heavy atom. The molecule has 2 fully saturated rings. The van der Waals surface area contributed by atoms with Crippen LogP contribution in [0, 0.1) is 5.92 Å². The van der Waals surface area contributed by atoms with Crippen molar-refractivity contribution in [1.29, 1.82) is 0 Å². The number of rotatable bonds is 6. The van der Waals surface area contributed by atoms with Crippen LogP contribution in [0.25, 0.3) is 0 Å². The number of nitrogens with zero attached hydrogens (tertiary/aromatic N) is 4. The highest BCUT2D eigenvalue weighted by molar-refractivity contribution is 5.92. The number of fused-ring (bicyclic) bond motifs is 1. The molecule has 2 atom stereocenters. The van der Waals surface area contributed by atoms with Crippen LogP contribution in [0.3, 0.4) is 0 Å². The van der Waals surface area contributed by atoms with Gasteiger partial charge in [0.05, 0.1) is 13.1 Å². The lowest BCUT2D eigenvalue weighted by molar-refractivity contribution is -0.191. The summed E-state index contributed by atoms with van der Waals surface area (Å²) in [6.07, 6.45) is -0.585. The van der Waals surface area contributed by atoms with E-state index in [0.717, 1.165) is 11.1 Å². The van der Waals surface area contributed by atoms with E-state index in [-0.39, 0.29) is 36.9 Å². The zero-order valence-corrected chi connectivity index (χ0v) is 20.1. The number of carbonyl (C=O) groups excluding carboxylic acids is 3. The summed E-state index contributed by atoms with van der Waals surface area (Å²) < 4.78 is 0. The first-order valence-electron chi connectivity index (χ1n) is 11.9. The SMILES string of the molecule is CCN1CC(=O)N2[C@@H](c3ccccc3)C(=O)N(CC(C)C)C[C@@H]2N1C(=O)NCc1ccccc1. The predicted molar refractivity (Wildman–Crippen MR) is 129 cm³/mol. The van der Waals surface area contributed by atoms with Crippen molar-refractivity contribution in [2.75, 3.05) is 26.2 Å². The number of likely N-dealkylation sites (N-methyl/N-ethyl adjacent to an activating group) is 1. The molecule has 0 unspecified atom stereocenters. The van der Waals surface area contributed by atoms with Crippen LogP contribution in [-0.4, -0.2) is 70.0 Å². The molecule has 0 saturated carbocycles. The van der Waals surface area contributed by atoms with E-state index in [2.05, 4.69) is 19.2 Å². The van der Waals surface area contributed by atoms with E-state index in [1.54, 1.807) is 19.8 Å². The lowest BCUT2D eigenvalue weighted by atomic mass is 9.98. The normalized spacial score (nSPS) is 21.1. The molecule has 8 nitrogen and oxygen atoms in total. The van der Waals surface area contributed by atoms with Crippen molar-refractivity contribution >= 4 is 17.8 Å². The van der Waals surface area contributed by atoms with Gasteiger partial charge in [0.2, 0.25) is 11.8 Å². The monoisotopic (exact) mass is 463 g/mol. The van der Waals surface area contributed by atoms with E-state index in [9.17, 15) is 14.4 Å². The molecule has 2 aliphatic heterocycles. The molecule has 0 aromatic heterocycles. The molecule has 0 aliphatic carbocycles. The summed E-state index contributed by atoms with van der Waals surface area (Å²) in [4.78, 5) is 43.9. The summed E-state index contributed by atoms with van der Waals surface area (Å²) in [6, 6.07) is 18.1. The van der Waals surface area contributed by atoms with Gasteiger partial charge in [-0.2, -0.15) is 0 Å². The molecule has 4 amide bonds. The van der Waals surface area contributed by atoms with Crippen LogP contribution in [0.15, 0.2) is 60.7 Å². The van der Waals surface area contributed by atoms with Crippen molar-refractivity contribution < 1.29 is 14.4 Å². The number of hydrogen-bond donors (Lipinski definition) is 1. The Kier molecular flexibility index (Phi) is 7.17. The highest BCUT2D eigenvalue weighted by atomic mass is 16.2. The summed E-state index contributed by atoms with van der Waals surface area (Å²) in [6.45, 7) is 7.82. The fourth-order valence-corrected chi connectivity index (χ4v) is 4.77. The number of carbonyl (C=O) groups is 3. The van der Waals surface area contributed by atoms with Gasteiger partial charge in [-0.15, -0.1) is 0 Å². The second-order valence-corrected chi connectivity index (χ2v) is 9.20. The topological polar surface area (TPSA) is 76.2 Å². The predicted octanol–water partition coefficient (Wildman–Crippen LogP) is 2.84. The molecule has 2 heterocycles. The zero-order chi connectivity index (χ0) is 24.2. The Hall–Kier alpha value is -3.39. The molecule has 34 heavy (non-hydrogen) atoms. The molecule has 0 spiro atoms. The first-order valence-corrected chi connectivity index (χ1v) is 11.9. The standard InChI is InChI=1S/C26H33N5O3/c1-4-29-18-23(32)30-22(31(29)26(34)27-15-20-11-7-5-8-12-20)17-28(16-19(2)3)25(33)24(30)21-13-9-6-10-14-21/h5-14,19,22,24H,4,15-18H2,1-3H3,(H,27,34)/t22-,24-/m0/s1. The van der Waals surface area contributed by atoms with Crippen LogP contribution in [-0.2, 0) is 16.1 Å². The van der Waals surface area contributed by atoms with Gasteiger partial charge < -0.3 is 15.1 Å². The van der Waals surface area contributed by atoms with Gasteiger partial charge in [0.15, 0.2) is 0 Å². The highest BCUT2D eigenvalue weighted by Crippen LogP contribution is 2.35. The molecule has 1 N–H and O–H groups in total. The maximum absolute atomic E-state index is 13.6. The third-order valence-corrected chi connectivity index (χ3v) is 6.28. The summed E-state index contributed by atoms with van der Waals surface area (Å²) in [7, 11) is 0. The minimum atomic E-state index is -0.755. The van der Waals surface area contributed by atoms with Crippen molar-refractivity contribution in [3.05, 3.63) is 71.8 Å². The van der Waals surface area contributed by atoms with Crippen molar-refractivity contribution in [3.8, 4) is 0 Å². The molecule has 8 heteroatoms. The highest BCUT2D eigenvalue weighted by Gasteiger charge is 2.51. The minimum Gasteiger partial charge on any atom is -0.336 e. The van der Waals surface area contributed by atoms with E-state index in [4.69, 9.17) is 0 Å². The van der Waals surface area contributed by atoms with Gasteiger partial charge in [-0.25, -0.2) is 14.8 Å².